The van der Waals surface area contributed by atoms with Gasteiger partial charge in [-0.05, 0) is 12.0 Å². The van der Waals surface area contributed by atoms with E-state index in [4.69, 9.17) is 4.74 Å². The van der Waals surface area contributed by atoms with Gasteiger partial charge >= 0.3 is 0 Å². The zero-order valence-corrected chi connectivity index (χ0v) is 7.36. The van der Waals surface area contributed by atoms with E-state index in [9.17, 15) is 0 Å². The first-order valence-corrected chi connectivity index (χ1v) is 4.24. The van der Waals surface area contributed by atoms with Gasteiger partial charge in [0.15, 0.2) is 0 Å². The fraction of sp³-hybridized carbons (Fsp3) is 0.273. The van der Waals surface area contributed by atoms with E-state index in [2.05, 4.69) is 19.1 Å². The lowest BCUT2D eigenvalue weighted by atomic mass is 10.2. The molecule has 64 valence electrons. The molecule has 0 saturated heterocycles. The molecular formula is C11H14O. The molecule has 1 rings (SSSR count). The van der Waals surface area contributed by atoms with Gasteiger partial charge in [-0.1, -0.05) is 43.3 Å². The number of hydrogen-bond donors (Lipinski definition) is 0. The van der Waals surface area contributed by atoms with Gasteiger partial charge in [-0.3, -0.25) is 0 Å². The van der Waals surface area contributed by atoms with E-state index in [0.717, 1.165) is 6.42 Å². The third-order valence-corrected chi connectivity index (χ3v) is 1.52. The summed E-state index contributed by atoms with van der Waals surface area (Å²) in [6, 6.07) is 10.1. The van der Waals surface area contributed by atoms with Crippen LogP contribution in [0.15, 0.2) is 42.7 Å². The topological polar surface area (TPSA) is 9.23 Å². The van der Waals surface area contributed by atoms with Crippen molar-refractivity contribution in [1.29, 1.82) is 0 Å². The van der Waals surface area contributed by atoms with Crippen LogP contribution >= 0.6 is 0 Å². The average molecular weight is 162 g/mol. The third kappa shape index (κ3) is 3.24. The van der Waals surface area contributed by atoms with Crippen LogP contribution in [-0.4, -0.2) is 0 Å². The number of hydrogen-bond acceptors (Lipinski definition) is 1. The first-order valence-electron chi connectivity index (χ1n) is 4.24. The Balaban J connectivity index is 2.29. The zero-order valence-electron chi connectivity index (χ0n) is 7.36. The molecule has 0 spiro atoms. The second-order valence-corrected chi connectivity index (χ2v) is 2.58. The third-order valence-electron chi connectivity index (χ3n) is 1.52. The van der Waals surface area contributed by atoms with Gasteiger partial charge in [-0.15, -0.1) is 0 Å². The minimum atomic E-state index is 0.664. The van der Waals surface area contributed by atoms with Crippen molar-refractivity contribution in [3.63, 3.8) is 0 Å². The molecule has 12 heavy (non-hydrogen) atoms. The van der Waals surface area contributed by atoms with Gasteiger partial charge in [0.25, 0.3) is 0 Å². The molecule has 1 aromatic rings. The predicted molar refractivity (Wildman–Crippen MR) is 50.7 cm³/mol. The SMILES string of the molecule is CC/C=C/OCc1ccccc1. The highest BCUT2D eigenvalue weighted by Crippen LogP contribution is 2.00. The van der Waals surface area contributed by atoms with Crippen LogP contribution in [0.25, 0.3) is 0 Å². The fourth-order valence-electron chi connectivity index (χ4n) is 0.883. The minimum Gasteiger partial charge on any atom is -0.497 e. The Kier molecular flexibility index (Phi) is 4.00. The maximum absolute atomic E-state index is 5.28. The van der Waals surface area contributed by atoms with Gasteiger partial charge < -0.3 is 4.74 Å². The number of allylic oxidation sites excluding steroid dienone is 1. The van der Waals surface area contributed by atoms with Crippen molar-refractivity contribution in [2.45, 2.75) is 20.0 Å². The first-order chi connectivity index (χ1) is 5.93. The monoisotopic (exact) mass is 162 g/mol. The van der Waals surface area contributed by atoms with Gasteiger partial charge in [0.1, 0.15) is 6.61 Å². The summed E-state index contributed by atoms with van der Waals surface area (Å²) in [4.78, 5) is 0. The Morgan fingerprint density at radius 3 is 2.67 bits per heavy atom. The molecule has 0 fully saturated rings. The smallest absolute Gasteiger partial charge is 0.112 e. The summed E-state index contributed by atoms with van der Waals surface area (Å²) >= 11 is 0. The number of ether oxygens (including phenoxy) is 1. The highest BCUT2D eigenvalue weighted by molar-refractivity contribution is 5.13. The Bertz CT molecular complexity index is 226. The van der Waals surface area contributed by atoms with Crippen molar-refractivity contribution >= 4 is 0 Å². The van der Waals surface area contributed by atoms with Crippen molar-refractivity contribution in [3.05, 3.63) is 48.2 Å². The van der Waals surface area contributed by atoms with Crippen molar-refractivity contribution in [3.8, 4) is 0 Å². The summed E-state index contributed by atoms with van der Waals surface area (Å²) < 4.78 is 5.28. The van der Waals surface area contributed by atoms with E-state index in [0.29, 0.717) is 6.61 Å². The summed E-state index contributed by atoms with van der Waals surface area (Å²) in [6.45, 7) is 2.75. The van der Waals surface area contributed by atoms with Crippen LogP contribution in [0.4, 0.5) is 0 Å². The molecule has 0 amide bonds. The molecular weight excluding hydrogens is 148 g/mol. The molecule has 0 unspecified atom stereocenters. The summed E-state index contributed by atoms with van der Waals surface area (Å²) in [5, 5.41) is 0. The van der Waals surface area contributed by atoms with Gasteiger partial charge in [0.05, 0.1) is 6.26 Å². The lowest BCUT2D eigenvalue weighted by molar-refractivity contribution is 0.235. The highest BCUT2D eigenvalue weighted by atomic mass is 16.5. The van der Waals surface area contributed by atoms with Crippen molar-refractivity contribution in [2.75, 3.05) is 0 Å². The van der Waals surface area contributed by atoms with Crippen molar-refractivity contribution in [1.82, 2.24) is 0 Å². The Hall–Kier alpha value is -1.24. The molecule has 0 aliphatic heterocycles. The molecule has 1 nitrogen and oxygen atoms in total. The highest BCUT2D eigenvalue weighted by Gasteiger charge is 1.86. The quantitative estimate of drug-likeness (QED) is 0.618. The van der Waals surface area contributed by atoms with Crippen molar-refractivity contribution < 1.29 is 4.74 Å². The Morgan fingerprint density at radius 2 is 2.00 bits per heavy atom. The maximum Gasteiger partial charge on any atom is 0.112 e. The molecule has 0 N–H and O–H groups in total. The van der Waals surface area contributed by atoms with Crippen molar-refractivity contribution in [2.24, 2.45) is 0 Å². The second-order valence-electron chi connectivity index (χ2n) is 2.58. The normalized spacial score (nSPS) is 10.4. The van der Waals surface area contributed by atoms with E-state index in [1.807, 2.05) is 24.3 Å². The van der Waals surface area contributed by atoms with Gasteiger partial charge in [-0.2, -0.15) is 0 Å². The fourth-order valence-corrected chi connectivity index (χ4v) is 0.883. The molecule has 0 aliphatic rings. The van der Waals surface area contributed by atoms with Gasteiger partial charge in [0.2, 0.25) is 0 Å². The number of rotatable bonds is 4. The summed E-state index contributed by atoms with van der Waals surface area (Å²) in [7, 11) is 0. The Labute approximate surface area is 73.7 Å². The van der Waals surface area contributed by atoms with Gasteiger partial charge in [0, 0.05) is 0 Å². The van der Waals surface area contributed by atoms with Crippen LogP contribution in [0.5, 0.6) is 0 Å². The molecule has 0 aliphatic carbocycles. The van der Waals surface area contributed by atoms with E-state index >= 15 is 0 Å². The molecule has 0 heterocycles. The molecule has 0 saturated carbocycles. The van der Waals surface area contributed by atoms with Crippen LogP contribution in [0.1, 0.15) is 18.9 Å². The summed E-state index contributed by atoms with van der Waals surface area (Å²) in [5.74, 6) is 0. The first kappa shape index (κ1) is 8.85. The van der Waals surface area contributed by atoms with Crippen LogP contribution in [0.2, 0.25) is 0 Å². The predicted octanol–water partition coefficient (Wildman–Crippen LogP) is 3.13. The van der Waals surface area contributed by atoms with Crippen LogP contribution in [0.3, 0.4) is 0 Å². The molecule has 0 atom stereocenters. The lowest BCUT2D eigenvalue weighted by Crippen LogP contribution is -1.84. The van der Waals surface area contributed by atoms with E-state index < -0.39 is 0 Å². The lowest BCUT2D eigenvalue weighted by Gasteiger charge is -1.99. The standard InChI is InChI=1S/C11H14O/c1-2-3-9-12-10-11-7-5-4-6-8-11/h3-9H,2,10H2,1H3/b9-3+. The minimum absolute atomic E-state index is 0.664. The van der Waals surface area contributed by atoms with E-state index in [1.54, 1.807) is 6.26 Å². The molecule has 1 aromatic carbocycles. The maximum atomic E-state index is 5.28. The molecule has 0 aromatic heterocycles. The Morgan fingerprint density at radius 1 is 1.25 bits per heavy atom. The average Bonchev–Trinajstić information content (AvgIpc) is 2.14. The molecule has 0 bridgehead atoms. The summed E-state index contributed by atoms with van der Waals surface area (Å²) in [5.41, 5.74) is 1.21. The van der Waals surface area contributed by atoms with E-state index in [1.165, 1.54) is 5.56 Å². The number of benzene rings is 1. The molecule has 0 radical (unpaired) electrons. The van der Waals surface area contributed by atoms with Crippen LogP contribution < -0.4 is 0 Å². The van der Waals surface area contributed by atoms with Gasteiger partial charge in [-0.25, -0.2) is 0 Å². The molecule has 1 heteroatoms. The van der Waals surface area contributed by atoms with E-state index in [-0.39, 0.29) is 0 Å². The summed E-state index contributed by atoms with van der Waals surface area (Å²) in [6.07, 6.45) is 4.78. The largest absolute Gasteiger partial charge is 0.497 e. The second kappa shape index (κ2) is 5.42. The van der Waals surface area contributed by atoms with Crippen LogP contribution in [0, 0.1) is 0 Å². The zero-order chi connectivity index (χ0) is 8.65. The van der Waals surface area contributed by atoms with Crippen LogP contribution in [-0.2, 0) is 11.3 Å².